The van der Waals surface area contributed by atoms with Crippen molar-refractivity contribution in [3.8, 4) is 0 Å². The minimum atomic E-state index is -0.743. The van der Waals surface area contributed by atoms with Crippen LogP contribution >= 0.6 is 11.6 Å². The monoisotopic (exact) mass is 265 g/mol. The minimum Gasteiger partial charge on any atom is -0.386 e. The van der Waals surface area contributed by atoms with E-state index >= 15 is 0 Å². The maximum absolute atomic E-state index is 12.9. The maximum atomic E-state index is 12.9. The lowest BCUT2D eigenvalue weighted by Gasteiger charge is -2.11. The Balaban J connectivity index is 2.18. The number of aliphatic hydroxyl groups is 1. The van der Waals surface area contributed by atoms with E-state index in [2.05, 4.69) is 4.98 Å². The molecule has 0 aliphatic heterocycles. The van der Waals surface area contributed by atoms with Crippen molar-refractivity contribution in [2.75, 3.05) is 0 Å². The van der Waals surface area contributed by atoms with E-state index in [4.69, 9.17) is 11.6 Å². The maximum Gasteiger partial charge on any atom is 0.124 e. The summed E-state index contributed by atoms with van der Waals surface area (Å²) in [7, 11) is 0. The zero-order valence-electron chi connectivity index (χ0n) is 9.90. The molecule has 0 fully saturated rings. The average molecular weight is 266 g/mol. The summed E-state index contributed by atoms with van der Waals surface area (Å²) in [5.74, 6) is -0.382. The predicted molar refractivity (Wildman–Crippen MR) is 69.0 cm³/mol. The normalized spacial score (nSPS) is 12.4. The van der Waals surface area contributed by atoms with Crippen LogP contribution < -0.4 is 0 Å². The second kappa shape index (κ2) is 5.46. The Morgan fingerprint density at radius 1 is 1.33 bits per heavy atom. The molecule has 1 unspecified atom stereocenters. The molecule has 0 bridgehead atoms. The van der Waals surface area contributed by atoms with Crippen molar-refractivity contribution in [2.24, 2.45) is 0 Å². The van der Waals surface area contributed by atoms with Crippen LogP contribution in [-0.4, -0.2) is 10.1 Å². The molecule has 1 aromatic heterocycles. The van der Waals surface area contributed by atoms with Crippen LogP contribution in [0.15, 0.2) is 36.5 Å². The number of rotatable bonds is 3. The molecule has 18 heavy (non-hydrogen) atoms. The van der Waals surface area contributed by atoms with Crippen LogP contribution in [-0.2, 0) is 6.42 Å². The molecule has 1 heterocycles. The summed E-state index contributed by atoms with van der Waals surface area (Å²) in [5.41, 5.74) is 2.33. The fraction of sp³-hybridized carbons (Fsp3) is 0.214. The lowest BCUT2D eigenvalue weighted by molar-refractivity contribution is 0.173. The largest absolute Gasteiger partial charge is 0.386 e. The fourth-order valence-electron chi connectivity index (χ4n) is 1.74. The third kappa shape index (κ3) is 3.06. The number of benzene rings is 1. The van der Waals surface area contributed by atoms with Crippen molar-refractivity contribution >= 4 is 11.6 Å². The van der Waals surface area contributed by atoms with Crippen molar-refractivity contribution in [3.05, 3.63) is 64.2 Å². The van der Waals surface area contributed by atoms with E-state index in [0.717, 1.165) is 5.56 Å². The van der Waals surface area contributed by atoms with Gasteiger partial charge < -0.3 is 5.11 Å². The number of hydrogen-bond donors (Lipinski definition) is 1. The van der Waals surface area contributed by atoms with Gasteiger partial charge in [-0.25, -0.2) is 4.39 Å². The molecule has 2 aromatic rings. The molecule has 0 radical (unpaired) electrons. The van der Waals surface area contributed by atoms with Crippen molar-refractivity contribution < 1.29 is 9.50 Å². The van der Waals surface area contributed by atoms with Gasteiger partial charge in [0.1, 0.15) is 11.9 Å². The molecule has 2 nitrogen and oxygen atoms in total. The van der Waals surface area contributed by atoms with Crippen LogP contribution in [0.2, 0.25) is 5.02 Å². The summed E-state index contributed by atoms with van der Waals surface area (Å²) in [4.78, 5) is 4.12. The van der Waals surface area contributed by atoms with Gasteiger partial charge in [0.2, 0.25) is 0 Å². The number of aryl methyl sites for hydroxylation is 1. The third-order valence-electron chi connectivity index (χ3n) is 2.71. The summed E-state index contributed by atoms with van der Waals surface area (Å²) in [6.07, 6.45) is 1.23. The molecule has 94 valence electrons. The highest BCUT2D eigenvalue weighted by atomic mass is 35.5. The zero-order valence-corrected chi connectivity index (χ0v) is 10.7. The predicted octanol–water partition coefficient (Wildman–Crippen LogP) is 3.46. The standard InChI is InChI=1S/C14H13ClFNO/c1-9-4-5-17-13(6-9)14(18)7-10-2-3-11(16)8-12(10)15/h2-6,8,14,18H,7H2,1H3. The van der Waals surface area contributed by atoms with E-state index in [9.17, 15) is 9.50 Å². The van der Waals surface area contributed by atoms with Crippen LogP contribution in [0.4, 0.5) is 4.39 Å². The molecule has 0 aliphatic rings. The summed E-state index contributed by atoms with van der Waals surface area (Å²) in [6.45, 7) is 1.93. The topological polar surface area (TPSA) is 33.1 Å². The Morgan fingerprint density at radius 3 is 2.78 bits per heavy atom. The van der Waals surface area contributed by atoms with Crippen LogP contribution in [0.3, 0.4) is 0 Å². The van der Waals surface area contributed by atoms with Gasteiger partial charge in [-0.2, -0.15) is 0 Å². The van der Waals surface area contributed by atoms with Gasteiger partial charge in [0.05, 0.1) is 5.69 Å². The van der Waals surface area contributed by atoms with E-state index < -0.39 is 6.10 Å². The van der Waals surface area contributed by atoms with Crippen molar-refractivity contribution in [3.63, 3.8) is 0 Å². The van der Waals surface area contributed by atoms with E-state index in [1.165, 1.54) is 12.1 Å². The summed E-state index contributed by atoms with van der Waals surface area (Å²) < 4.78 is 12.9. The second-order valence-corrected chi connectivity index (χ2v) is 4.62. The molecule has 0 saturated carbocycles. The van der Waals surface area contributed by atoms with Gasteiger partial charge in [-0.05, 0) is 42.3 Å². The SMILES string of the molecule is Cc1ccnc(C(O)Cc2ccc(F)cc2Cl)c1. The van der Waals surface area contributed by atoms with Gasteiger partial charge >= 0.3 is 0 Å². The van der Waals surface area contributed by atoms with E-state index in [1.54, 1.807) is 12.3 Å². The molecular weight excluding hydrogens is 253 g/mol. The Labute approximate surface area is 110 Å². The molecular formula is C14H13ClFNO. The van der Waals surface area contributed by atoms with Gasteiger partial charge in [0.15, 0.2) is 0 Å². The number of pyridine rings is 1. The Morgan fingerprint density at radius 2 is 2.11 bits per heavy atom. The van der Waals surface area contributed by atoms with Crippen molar-refractivity contribution in [2.45, 2.75) is 19.4 Å². The Bertz CT molecular complexity index is 559. The van der Waals surface area contributed by atoms with Crippen LogP contribution in [0, 0.1) is 12.7 Å². The smallest absolute Gasteiger partial charge is 0.124 e. The number of aromatic nitrogens is 1. The first-order chi connectivity index (χ1) is 8.56. The molecule has 1 atom stereocenters. The number of hydrogen-bond acceptors (Lipinski definition) is 2. The van der Waals surface area contributed by atoms with Gasteiger partial charge in [0, 0.05) is 17.6 Å². The second-order valence-electron chi connectivity index (χ2n) is 4.21. The van der Waals surface area contributed by atoms with Crippen LogP contribution in [0.25, 0.3) is 0 Å². The fourth-order valence-corrected chi connectivity index (χ4v) is 1.99. The quantitative estimate of drug-likeness (QED) is 0.922. The Hall–Kier alpha value is -1.45. The molecule has 2 rings (SSSR count). The van der Waals surface area contributed by atoms with Gasteiger partial charge in [-0.3, -0.25) is 4.98 Å². The minimum absolute atomic E-state index is 0.315. The summed E-state index contributed by atoms with van der Waals surface area (Å²) in [6, 6.07) is 7.84. The van der Waals surface area contributed by atoms with Crippen LogP contribution in [0.1, 0.15) is 22.9 Å². The summed E-state index contributed by atoms with van der Waals surface area (Å²) in [5, 5.41) is 10.4. The van der Waals surface area contributed by atoms with E-state index in [0.29, 0.717) is 22.7 Å². The van der Waals surface area contributed by atoms with Crippen molar-refractivity contribution in [1.82, 2.24) is 4.98 Å². The van der Waals surface area contributed by atoms with E-state index in [-0.39, 0.29) is 5.82 Å². The highest BCUT2D eigenvalue weighted by molar-refractivity contribution is 6.31. The lowest BCUT2D eigenvalue weighted by Crippen LogP contribution is -2.05. The van der Waals surface area contributed by atoms with Gasteiger partial charge in [0.25, 0.3) is 0 Å². The van der Waals surface area contributed by atoms with E-state index in [1.807, 2.05) is 19.1 Å². The molecule has 1 N–H and O–H groups in total. The first-order valence-corrected chi connectivity index (χ1v) is 5.98. The number of halogens is 2. The average Bonchev–Trinajstić information content (AvgIpc) is 2.32. The molecule has 1 aromatic carbocycles. The highest BCUT2D eigenvalue weighted by Gasteiger charge is 2.12. The summed E-state index contributed by atoms with van der Waals surface area (Å²) >= 11 is 5.92. The molecule has 0 saturated heterocycles. The lowest BCUT2D eigenvalue weighted by atomic mass is 10.0. The first kappa shape index (κ1) is 13.0. The van der Waals surface area contributed by atoms with Crippen LogP contribution in [0.5, 0.6) is 0 Å². The molecule has 0 spiro atoms. The molecule has 0 amide bonds. The molecule has 4 heteroatoms. The zero-order chi connectivity index (χ0) is 13.1. The van der Waals surface area contributed by atoms with Gasteiger partial charge in [-0.15, -0.1) is 0 Å². The number of aliphatic hydroxyl groups excluding tert-OH is 1. The third-order valence-corrected chi connectivity index (χ3v) is 3.06. The van der Waals surface area contributed by atoms with Crippen molar-refractivity contribution in [1.29, 1.82) is 0 Å². The first-order valence-electron chi connectivity index (χ1n) is 5.61. The van der Waals surface area contributed by atoms with Gasteiger partial charge in [-0.1, -0.05) is 17.7 Å². The number of nitrogens with zero attached hydrogens (tertiary/aromatic N) is 1. The highest BCUT2D eigenvalue weighted by Crippen LogP contribution is 2.23. The molecule has 0 aliphatic carbocycles. The Kier molecular flexibility index (Phi) is 3.94.